The van der Waals surface area contributed by atoms with Crippen molar-refractivity contribution in [3.63, 3.8) is 0 Å². The van der Waals surface area contributed by atoms with Gasteiger partial charge in [0, 0.05) is 6.26 Å². The summed E-state index contributed by atoms with van der Waals surface area (Å²) < 4.78 is 22.2. The molecule has 0 unspecified atom stereocenters. The minimum atomic E-state index is -2.95. The molecule has 1 N–H and O–H groups in total. The lowest BCUT2D eigenvalue weighted by molar-refractivity contribution is -0.0174. The van der Waals surface area contributed by atoms with Gasteiger partial charge in [-0.1, -0.05) is 13.8 Å². The lowest BCUT2D eigenvalue weighted by Gasteiger charge is -2.37. The molecule has 0 bridgehead atoms. The summed E-state index contributed by atoms with van der Waals surface area (Å²) in [5.41, 5.74) is -0.728. The molecular weight excluding hydrogens is 224 g/mol. The van der Waals surface area contributed by atoms with Gasteiger partial charge >= 0.3 is 0 Å². The van der Waals surface area contributed by atoms with E-state index in [9.17, 15) is 13.5 Å². The van der Waals surface area contributed by atoms with E-state index in [1.54, 1.807) is 0 Å². The number of sulfone groups is 1. The summed E-state index contributed by atoms with van der Waals surface area (Å²) in [5.74, 6) is 1.47. The first-order valence-electron chi connectivity index (χ1n) is 6.12. The van der Waals surface area contributed by atoms with Crippen LogP contribution in [0.25, 0.3) is 0 Å². The average Bonchev–Trinajstić information content (AvgIpc) is 2.15. The molecule has 1 rings (SSSR count). The van der Waals surface area contributed by atoms with E-state index in [0.717, 1.165) is 25.7 Å². The molecule has 16 heavy (non-hydrogen) atoms. The van der Waals surface area contributed by atoms with Crippen LogP contribution in [0.15, 0.2) is 0 Å². The minimum Gasteiger partial charge on any atom is -0.390 e. The van der Waals surface area contributed by atoms with Crippen LogP contribution in [-0.4, -0.2) is 31.1 Å². The van der Waals surface area contributed by atoms with Crippen molar-refractivity contribution in [3.05, 3.63) is 0 Å². The van der Waals surface area contributed by atoms with Gasteiger partial charge < -0.3 is 5.11 Å². The van der Waals surface area contributed by atoms with Gasteiger partial charge in [-0.3, -0.25) is 0 Å². The Bertz CT molecular complexity index is 311. The van der Waals surface area contributed by atoms with E-state index in [-0.39, 0.29) is 5.75 Å². The molecule has 0 amide bonds. The third-order valence-electron chi connectivity index (χ3n) is 3.84. The van der Waals surface area contributed by atoms with Crippen molar-refractivity contribution < 1.29 is 13.5 Å². The van der Waals surface area contributed by atoms with Crippen LogP contribution in [-0.2, 0) is 9.84 Å². The van der Waals surface area contributed by atoms with E-state index < -0.39 is 15.4 Å². The quantitative estimate of drug-likeness (QED) is 0.828. The molecule has 96 valence electrons. The van der Waals surface area contributed by atoms with E-state index in [1.165, 1.54) is 6.26 Å². The molecule has 0 aromatic rings. The van der Waals surface area contributed by atoms with Crippen molar-refractivity contribution in [2.24, 2.45) is 11.8 Å². The van der Waals surface area contributed by atoms with E-state index in [4.69, 9.17) is 0 Å². The standard InChI is InChI=1S/C12H24O3S/c1-10(2)11-4-6-12(13,7-5-11)8-9-16(3,14)15/h10-11,13H,4-9H2,1-3H3. The normalized spacial score (nSPS) is 31.9. The van der Waals surface area contributed by atoms with E-state index in [1.807, 2.05) is 0 Å². The maximum Gasteiger partial charge on any atom is 0.147 e. The molecule has 1 saturated carbocycles. The molecule has 0 radical (unpaired) electrons. The number of rotatable bonds is 4. The Morgan fingerprint density at radius 1 is 1.31 bits per heavy atom. The van der Waals surface area contributed by atoms with Gasteiger partial charge in [0.2, 0.25) is 0 Å². The Kier molecular flexibility index (Phi) is 4.41. The van der Waals surface area contributed by atoms with Gasteiger partial charge in [0.15, 0.2) is 0 Å². The predicted octanol–water partition coefficient (Wildman–Crippen LogP) is 2.00. The molecule has 1 fully saturated rings. The zero-order valence-electron chi connectivity index (χ0n) is 10.6. The Hall–Kier alpha value is -0.0900. The molecule has 0 aromatic carbocycles. The maximum atomic E-state index is 11.1. The van der Waals surface area contributed by atoms with Crippen LogP contribution in [0.1, 0.15) is 46.0 Å². The van der Waals surface area contributed by atoms with Crippen molar-refractivity contribution in [2.75, 3.05) is 12.0 Å². The zero-order chi connectivity index (χ0) is 12.4. The van der Waals surface area contributed by atoms with Gasteiger partial charge in [-0.05, 0) is 43.9 Å². The first-order valence-corrected chi connectivity index (χ1v) is 8.18. The van der Waals surface area contributed by atoms with Crippen LogP contribution in [0.4, 0.5) is 0 Å². The molecule has 0 heterocycles. The predicted molar refractivity (Wildman–Crippen MR) is 66.1 cm³/mol. The second-order valence-corrected chi connectivity index (χ2v) is 7.95. The summed E-state index contributed by atoms with van der Waals surface area (Å²) in [6.07, 6.45) is 5.19. The summed E-state index contributed by atoms with van der Waals surface area (Å²) in [6.45, 7) is 4.43. The summed E-state index contributed by atoms with van der Waals surface area (Å²) in [7, 11) is -2.95. The largest absolute Gasteiger partial charge is 0.390 e. The fourth-order valence-electron chi connectivity index (χ4n) is 2.47. The second kappa shape index (κ2) is 5.05. The number of hydrogen-bond acceptors (Lipinski definition) is 3. The van der Waals surface area contributed by atoms with Crippen molar-refractivity contribution in [3.8, 4) is 0 Å². The highest BCUT2D eigenvalue weighted by Crippen LogP contribution is 2.37. The molecule has 1 aliphatic carbocycles. The molecule has 0 atom stereocenters. The Balaban J connectivity index is 2.44. The van der Waals surface area contributed by atoms with E-state index >= 15 is 0 Å². The topological polar surface area (TPSA) is 54.4 Å². The van der Waals surface area contributed by atoms with Crippen molar-refractivity contribution in [1.82, 2.24) is 0 Å². The highest BCUT2D eigenvalue weighted by Gasteiger charge is 2.34. The van der Waals surface area contributed by atoms with Gasteiger partial charge in [-0.25, -0.2) is 8.42 Å². The van der Waals surface area contributed by atoms with Crippen molar-refractivity contribution in [1.29, 1.82) is 0 Å². The summed E-state index contributed by atoms with van der Waals surface area (Å²) in [4.78, 5) is 0. The average molecular weight is 248 g/mol. The molecule has 3 nitrogen and oxygen atoms in total. The van der Waals surface area contributed by atoms with Crippen molar-refractivity contribution >= 4 is 9.84 Å². The van der Waals surface area contributed by atoms with E-state index in [0.29, 0.717) is 18.3 Å². The van der Waals surface area contributed by atoms with Crippen molar-refractivity contribution in [2.45, 2.75) is 51.6 Å². The lowest BCUT2D eigenvalue weighted by Crippen LogP contribution is -2.36. The summed E-state index contributed by atoms with van der Waals surface area (Å²) in [6, 6.07) is 0. The number of hydrogen-bond donors (Lipinski definition) is 1. The van der Waals surface area contributed by atoms with Crippen LogP contribution in [0.3, 0.4) is 0 Å². The fourth-order valence-corrected chi connectivity index (χ4v) is 3.22. The Morgan fingerprint density at radius 2 is 1.81 bits per heavy atom. The fraction of sp³-hybridized carbons (Fsp3) is 1.00. The smallest absolute Gasteiger partial charge is 0.147 e. The van der Waals surface area contributed by atoms with Gasteiger partial charge in [0.25, 0.3) is 0 Å². The molecule has 0 aliphatic heterocycles. The SMILES string of the molecule is CC(C)C1CCC(O)(CCS(C)(=O)=O)CC1. The minimum absolute atomic E-state index is 0.107. The van der Waals surface area contributed by atoms with Crippen LogP contribution in [0, 0.1) is 11.8 Å². The first-order chi connectivity index (χ1) is 7.22. The summed E-state index contributed by atoms with van der Waals surface area (Å²) >= 11 is 0. The van der Waals surface area contributed by atoms with E-state index in [2.05, 4.69) is 13.8 Å². The van der Waals surface area contributed by atoms with Crippen LogP contribution in [0.2, 0.25) is 0 Å². The Labute approximate surface area is 99.2 Å². The molecule has 1 aliphatic rings. The zero-order valence-corrected chi connectivity index (χ0v) is 11.4. The van der Waals surface area contributed by atoms with Gasteiger partial charge in [-0.15, -0.1) is 0 Å². The molecule has 4 heteroatoms. The lowest BCUT2D eigenvalue weighted by atomic mass is 9.74. The third kappa shape index (κ3) is 4.42. The monoisotopic (exact) mass is 248 g/mol. The van der Waals surface area contributed by atoms with Gasteiger partial charge in [0.1, 0.15) is 9.84 Å². The molecule has 0 spiro atoms. The van der Waals surface area contributed by atoms with Crippen LogP contribution < -0.4 is 0 Å². The van der Waals surface area contributed by atoms with Crippen LogP contribution in [0.5, 0.6) is 0 Å². The maximum absolute atomic E-state index is 11.1. The third-order valence-corrected chi connectivity index (χ3v) is 4.79. The molecular formula is C12H24O3S. The van der Waals surface area contributed by atoms with Crippen LogP contribution >= 0.6 is 0 Å². The molecule has 0 aromatic heterocycles. The number of aliphatic hydroxyl groups is 1. The Morgan fingerprint density at radius 3 is 2.19 bits per heavy atom. The molecule has 0 saturated heterocycles. The van der Waals surface area contributed by atoms with Gasteiger partial charge in [-0.2, -0.15) is 0 Å². The highest BCUT2D eigenvalue weighted by atomic mass is 32.2. The van der Waals surface area contributed by atoms with Gasteiger partial charge in [0.05, 0.1) is 11.4 Å². The second-order valence-electron chi connectivity index (χ2n) is 5.69. The highest BCUT2D eigenvalue weighted by molar-refractivity contribution is 7.90. The first kappa shape index (κ1) is 14.0. The summed E-state index contributed by atoms with van der Waals surface area (Å²) in [5, 5.41) is 10.3.